The number of aryl methyl sites for hydroxylation is 1. The van der Waals surface area contributed by atoms with Gasteiger partial charge in [-0.05, 0) is 37.3 Å². The highest BCUT2D eigenvalue weighted by Gasteiger charge is 2.19. The molecule has 28 heavy (non-hydrogen) atoms. The van der Waals surface area contributed by atoms with Crippen LogP contribution in [0.1, 0.15) is 40.0 Å². The van der Waals surface area contributed by atoms with Gasteiger partial charge in [-0.3, -0.25) is 0 Å². The largest absolute Gasteiger partial charge is 0.491 e. The Labute approximate surface area is 174 Å². The molecule has 4 rings (SSSR count). The first-order valence-corrected chi connectivity index (χ1v) is 11.5. The van der Waals surface area contributed by atoms with Crippen LogP contribution >= 0.6 is 22.7 Å². The summed E-state index contributed by atoms with van der Waals surface area (Å²) >= 11 is 3.53. The highest BCUT2D eigenvalue weighted by atomic mass is 32.1. The number of thiazole rings is 1. The number of benzene rings is 1. The Kier molecular flexibility index (Phi) is 6.75. The molecule has 4 nitrogen and oxygen atoms in total. The van der Waals surface area contributed by atoms with Crippen LogP contribution in [0.25, 0.3) is 0 Å². The summed E-state index contributed by atoms with van der Waals surface area (Å²) in [4.78, 5) is 6.10. The Morgan fingerprint density at radius 2 is 2.18 bits per heavy atom. The number of para-hydroxylation sites is 1. The summed E-state index contributed by atoms with van der Waals surface area (Å²) < 4.78 is 11.8. The van der Waals surface area contributed by atoms with Crippen molar-refractivity contribution in [2.24, 2.45) is 0 Å². The number of nitrogens with one attached hydrogen (secondary N) is 1. The van der Waals surface area contributed by atoms with Crippen molar-refractivity contribution in [3.05, 3.63) is 68.3 Å². The van der Waals surface area contributed by atoms with Crippen LogP contribution in [0.15, 0.2) is 47.2 Å². The molecule has 148 valence electrons. The van der Waals surface area contributed by atoms with Crippen LogP contribution in [0.2, 0.25) is 0 Å². The first kappa shape index (κ1) is 19.6. The van der Waals surface area contributed by atoms with Gasteiger partial charge in [0.05, 0.1) is 12.1 Å². The zero-order chi connectivity index (χ0) is 19.2. The van der Waals surface area contributed by atoms with Gasteiger partial charge >= 0.3 is 0 Å². The highest BCUT2D eigenvalue weighted by Crippen LogP contribution is 2.26. The van der Waals surface area contributed by atoms with Crippen LogP contribution in [-0.4, -0.2) is 24.3 Å². The monoisotopic (exact) mass is 414 g/mol. The van der Waals surface area contributed by atoms with Gasteiger partial charge in [0.15, 0.2) is 0 Å². The lowest BCUT2D eigenvalue weighted by atomic mass is 10.1. The SMILES string of the molecule is Cc1csc([C@H](Cc2cccs2)NCc2ccccc2OC[C@H]2CCCO2)n1. The summed E-state index contributed by atoms with van der Waals surface area (Å²) in [5.74, 6) is 0.940. The lowest BCUT2D eigenvalue weighted by Crippen LogP contribution is -2.23. The molecule has 3 heterocycles. The van der Waals surface area contributed by atoms with Gasteiger partial charge in [-0.2, -0.15) is 0 Å². The fraction of sp³-hybridized carbons (Fsp3) is 0.409. The van der Waals surface area contributed by atoms with Crippen LogP contribution in [0.3, 0.4) is 0 Å². The van der Waals surface area contributed by atoms with E-state index in [0.29, 0.717) is 6.61 Å². The van der Waals surface area contributed by atoms with Gasteiger partial charge in [0.1, 0.15) is 17.4 Å². The molecule has 0 saturated carbocycles. The summed E-state index contributed by atoms with van der Waals surface area (Å²) in [6.07, 6.45) is 3.40. The van der Waals surface area contributed by atoms with Gasteiger partial charge in [0.25, 0.3) is 0 Å². The maximum Gasteiger partial charge on any atom is 0.123 e. The molecule has 0 radical (unpaired) electrons. The van der Waals surface area contributed by atoms with Crippen molar-refractivity contribution in [3.63, 3.8) is 0 Å². The molecule has 6 heteroatoms. The topological polar surface area (TPSA) is 43.4 Å². The van der Waals surface area contributed by atoms with Crippen molar-refractivity contribution in [1.29, 1.82) is 0 Å². The van der Waals surface area contributed by atoms with E-state index in [2.05, 4.69) is 47.3 Å². The standard InChI is InChI=1S/C22H26N2O2S2/c1-16-15-28-22(24-16)20(12-19-8-5-11-27-19)23-13-17-6-2-3-9-21(17)26-14-18-7-4-10-25-18/h2-3,5-6,8-9,11,15,18,20,23H,4,7,10,12-14H2,1H3/t18-,20+/m1/s1. The molecule has 1 saturated heterocycles. The molecule has 0 amide bonds. The molecule has 1 N–H and O–H groups in total. The van der Waals surface area contributed by atoms with Gasteiger partial charge in [0, 0.05) is 41.1 Å². The van der Waals surface area contributed by atoms with Crippen molar-refractivity contribution >= 4 is 22.7 Å². The molecule has 1 aliphatic heterocycles. The lowest BCUT2D eigenvalue weighted by Gasteiger charge is -2.18. The first-order valence-electron chi connectivity index (χ1n) is 9.78. The molecular weight excluding hydrogens is 388 g/mol. The number of rotatable bonds is 9. The van der Waals surface area contributed by atoms with Gasteiger partial charge < -0.3 is 14.8 Å². The second-order valence-corrected chi connectivity index (χ2v) is 9.02. The van der Waals surface area contributed by atoms with Gasteiger partial charge in [0.2, 0.25) is 0 Å². The zero-order valence-electron chi connectivity index (χ0n) is 16.1. The number of hydrogen-bond donors (Lipinski definition) is 1. The minimum Gasteiger partial charge on any atom is -0.491 e. The number of aromatic nitrogens is 1. The molecule has 0 bridgehead atoms. The average molecular weight is 415 g/mol. The van der Waals surface area contributed by atoms with E-state index in [1.54, 1.807) is 22.7 Å². The van der Waals surface area contributed by atoms with Crippen LogP contribution in [0.5, 0.6) is 5.75 Å². The van der Waals surface area contributed by atoms with Crippen LogP contribution in [0, 0.1) is 6.92 Å². The Balaban J connectivity index is 1.43. The number of nitrogens with zero attached hydrogens (tertiary/aromatic N) is 1. The van der Waals surface area contributed by atoms with Crippen LogP contribution < -0.4 is 10.1 Å². The zero-order valence-corrected chi connectivity index (χ0v) is 17.7. The predicted octanol–water partition coefficient (Wildman–Crippen LogP) is 5.14. The van der Waals surface area contributed by atoms with E-state index in [9.17, 15) is 0 Å². The van der Waals surface area contributed by atoms with Crippen molar-refractivity contribution < 1.29 is 9.47 Å². The minimum atomic E-state index is 0.198. The first-order chi connectivity index (χ1) is 13.8. The van der Waals surface area contributed by atoms with E-state index in [-0.39, 0.29) is 12.1 Å². The van der Waals surface area contributed by atoms with Gasteiger partial charge in [-0.1, -0.05) is 24.3 Å². The van der Waals surface area contributed by atoms with Gasteiger partial charge in [-0.15, -0.1) is 22.7 Å². The summed E-state index contributed by atoms with van der Waals surface area (Å²) in [6, 6.07) is 12.8. The normalized spacial score (nSPS) is 17.7. The van der Waals surface area contributed by atoms with Crippen LogP contribution in [-0.2, 0) is 17.7 Å². The van der Waals surface area contributed by atoms with Crippen molar-refractivity contribution in [3.8, 4) is 5.75 Å². The third-order valence-corrected chi connectivity index (χ3v) is 6.86. The molecule has 2 atom stereocenters. The van der Waals surface area contributed by atoms with Gasteiger partial charge in [-0.25, -0.2) is 4.98 Å². The third kappa shape index (κ3) is 5.20. The summed E-state index contributed by atoms with van der Waals surface area (Å²) in [5.41, 5.74) is 2.25. The quantitative estimate of drug-likeness (QED) is 0.526. The predicted molar refractivity (Wildman–Crippen MR) is 115 cm³/mol. The fourth-order valence-corrected chi connectivity index (χ4v) is 5.01. The average Bonchev–Trinajstić information content (AvgIpc) is 3.47. The number of ether oxygens (including phenoxy) is 2. The van der Waals surface area contributed by atoms with E-state index in [0.717, 1.165) is 48.9 Å². The lowest BCUT2D eigenvalue weighted by molar-refractivity contribution is 0.0675. The summed E-state index contributed by atoms with van der Waals surface area (Å²) in [5, 5.41) is 9.11. The third-order valence-electron chi connectivity index (χ3n) is 4.88. The minimum absolute atomic E-state index is 0.198. The second kappa shape index (κ2) is 9.65. The molecule has 1 aromatic carbocycles. The number of thiophene rings is 1. The van der Waals surface area contributed by atoms with Crippen molar-refractivity contribution in [2.75, 3.05) is 13.2 Å². The Morgan fingerprint density at radius 1 is 1.25 bits per heavy atom. The Bertz CT molecular complexity index is 857. The molecule has 2 aromatic heterocycles. The second-order valence-electron chi connectivity index (χ2n) is 7.10. The summed E-state index contributed by atoms with van der Waals surface area (Å²) in [6.45, 7) is 4.28. The molecule has 0 unspecified atom stereocenters. The maximum atomic E-state index is 6.09. The van der Waals surface area contributed by atoms with E-state index in [4.69, 9.17) is 14.5 Å². The molecule has 3 aromatic rings. The highest BCUT2D eigenvalue weighted by molar-refractivity contribution is 7.10. The summed E-state index contributed by atoms with van der Waals surface area (Å²) in [7, 11) is 0. The van der Waals surface area contributed by atoms with E-state index in [1.165, 1.54) is 10.4 Å². The molecule has 1 aliphatic rings. The molecule has 0 spiro atoms. The molecule has 1 fully saturated rings. The Morgan fingerprint density at radius 3 is 2.93 bits per heavy atom. The smallest absolute Gasteiger partial charge is 0.123 e. The maximum absolute atomic E-state index is 6.09. The van der Waals surface area contributed by atoms with E-state index < -0.39 is 0 Å². The van der Waals surface area contributed by atoms with Crippen LogP contribution in [0.4, 0.5) is 0 Å². The van der Waals surface area contributed by atoms with E-state index >= 15 is 0 Å². The van der Waals surface area contributed by atoms with Crippen molar-refractivity contribution in [2.45, 2.75) is 44.9 Å². The number of hydrogen-bond acceptors (Lipinski definition) is 6. The van der Waals surface area contributed by atoms with E-state index in [1.807, 2.05) is 12.1 Å². The fourth-order valence-electron chi connectivity index (χ4n) is 3.39. The molecular formula is C22H26N2O2S2. The molecule has 0 aliphatic carbocycles. The Hall–Kier alpha value is -1.73. The van der Waals surface area contributed by atoms with Crippen molar-refractivity contribution in [1.82, 2.24) is 10.3 Å².